The zero-order valence-corrected chi connectivity index (χ0v) is 18.4. The van der Waals surface area contributed by atoms with Crippen LogP contribution >= 0.6 is 0 Å². The normalized spacial score (nSPS) is 12.9. The van der Waals surface area contributed by atoms with Crippen LogP contribution in [0, 0.1) is 0 Å². The summed E-state index contributed by atoms with van der Waals surface area (Å²) in [6.07, 6.45) is 7.38. The van der Waals surface area contributed by atoms with Crippen LogP contribution in [0.15, 0.2) is 66.4 Å². The van der Waals surface area contributed by atoms with Gasteiger partial charge in [-0.15, -0.1) is 0 Å². The number of hydrogen-bond acceptors (Lipinski definition) is 7. The number of ether oxygens (including phenoxy) is 3. The van der Waals surface area contributed by atoms with Crippen molar-refractivity contribution in [3.8, 4) is 11.5 Å². The SMILES string of the molecule is COC(=O)C(=CNC1CC1)C(=O)C=Cc1ccc(OC)cc1.COc1ccc(C=O)cc1. The predicted octanol–water partition coefficient (Wildman–Crippen LogP) is 3.59. The molecule has 0 spiro atoms. The van der Waals surface area contributed by atoms with E-state index < -0.39 is 11.8 Å². The van der Waals surface area contributed by atoms with Crippen molar-refractivity contribution >= 4 is 24.1 Å². The number of nitrogens with one attached hydrogen (secondary N) is 1. The van der Waals surface area contributed by atoms with Crippen molar-refractivity contribution in [3.63, 3.8) is 0 Å². The van der Waals surface area contributed by atoms with Crippen LogP contribution in [0.4, 0.5) is 0 Å². The first-order valence-electron chi connectivity index (χ1n) is 10.0. The van der Waals surface area contributed by atoms with Gasteiger partial charge >= 0.3 is 5.97 Å². The zero-order chi connectivity index (χ0) is 23.3. The van der Waals surface area contributed by atoms with Crippen molar-refractivity contribution < 1.29 is 28.6 Å². The molecule has 0 bridgehead atoms. The van der Waals surface area contributed by atoms with Crippen LogP contribution in [0.5, 0.6) is 11.5 Å². The molecule has 32 heavy (non-hydrogen) atoms. The van der Waals surface area contributed by atoms with Crippen LogP contribution in [0.1, 0.15) is 28.8 Å². The predicted molar refractivity (Wildman–Crippen MR) is 122 cm³/mol. The second-order valence-electron chi connectivity index (χ2n) is 6.85. The molecule has 7 heteroatoms. The number of carbonyl (C=O) groups is 3. The summed E-state index contributed by atoms with van der Waals surface area (Å²) in [5.41, 5.74) is 1.51. The van der Waals surface area contributed by atoms with E-state index >= 15 is 0 Å². The van der Waals surface area contributed by atoms with Gasteiger partial charge in [0.2, 0.25) is 0 Å². The Labute approximate surface area is 187 Å². The van der Waals surface area contributed by atoms with Gasteiger partial charge in [0.05, 0.1) is 21.3 Å². The second-order valence-corrected chi connectivity index (χ2v) is 6.85. The minimum atomic E-state index is -0.641. The molecule has 2 aromatic rings. The van der Waals surface area contributed by atoms with Crippen LogP contribution in [-0.2, 0) is 14.3 Å². The molecule has 0 atom stereocenters. The molecule has 3 rings (SSSR count). The highest BCUT2D eigenvalue weighted by molar-refractivity contribution is 6.22. The van der Waals surface area contributed by atoms with E-state index in [0.717, 1.165) is 36.2 Å². The van der Waals surface area contributed by atoms with Crippen molar-refractivity contribution in [2.45, 2.75) is 18.9 Å². The van der Waals surface area contributed by atoms with Gasteiger partial charge < -0.3 is 19.5 Å². The molecule has 1 aliphatic carbocycles. The zero-order valence-electron chi connectivity index (χ0n) is 18.4. The molecule has 0 saturated heterocycles. The number of esters is 1. The number of hydrogen-bond donors (Lipinski definition) is 1. The highest BCUT2D eigenvalue weighted by atomic mass is 16.5. The summed E-state index contributed by atoms with van der Waals surface area (Å²) in [6, 6.07) is 14.5. The van der Waals surface area contributed by atoms with E-state index in [1.807, 2.05) is 12.1 Å². The minimum absolute atomic E-state index is 0.000776. The van der Waals surface area contributed by atoms with Crippen LogP contribution in [-0.4, -0.2) is 45.4 Å². The lowest BCUT2D eigenvalue weighted by Crippen LogP contribution is -2.18. The summed E-state index contributed by atoms with van der Waals surface area (Å²) >= 11 is 0. The maximum absolute atomic E-state index is 12.2. The molecule has 0 aliphatic heterocycles. The van der Waals surface area contributed by atoms with Crippen LogP contribution in [0.25, 0.3) is 6.08 Å². The number of rotatable bonds is 9. The number of benzene rings is 2. The van der Waals surface area contributed by atoms with Gasteiger partial charge in [-0.25, -0.2) is 4.79 Å². The Balaban J connectivity index is 0.000000303. The molecule has 1 saturated carbocycles. The summed E-state index contributed by atoms with van der Waals surface area (Å²) in [4.78, 5) is 34.0. The van der Waals surface area contributed by atoms with E-state index in [1.165, 1.54) is 19.4 Å². The van der Waals surface area contributed by atoms with Crippen molar-refractivity contribution in [1.82, 2.24) is 5.32 Å². The summed E-state index contributed by atoms with van der Waals surface area (Å²) in [6.45, 7) is 0. The Morgan fingerprint density at radius 1 is 0.875 bits per heavy atom. The smallest absolute Gasteiger partial charge is 0.343 e. The van der Waals surface area contributed by atoms with E-state index in [4.69, 9.17) is 9.47 Å². The molecule has 2 aromatic carbocycles. The third-order valence-corrected chi connectivity index (χ3v) is 4.51. The second kappa shape index (κ2) is 12.7. The molecule has 168 valence electrons. The lowest BCUT2D eigenvalue weighted by atomic mass is 10.1. The van der Waals surface area contributed by atoms with Gasteiger partial charge in [-0.05, 0) is 60.9 Å². The van der Waals surface area contributed by atoms with Crippen LogP contribution in [0.3, 0.4) is 0 Å². The maximum Gasteiger partial charge on any atom is 0.343 e. The quantitative estimate of drug-likeness (QED) is 0.211. The first kappa shape index (κ1) is 24.4. The van der Waals surface area contributed by atoms with Crippen LogP contribution < -0.4 is 14.8 Å². The van der Waals surface area contributed by atoms with Gasteiger partial charge in [-0.1, -0.05) is 18.2 Å². The highest BCUT2D eigenvalue weighted by Crippen LogP contribution is 2.19. The number of carbonyl (C=O) groups excluding carboxylic acids is 3. The third kappa shape index (κ3) is 8.10. The van der Waals surface area contributed by atoms with Crippen molar-refractivity contribution in [2.75, 3.05) is 21.3 Å². The minimum Gasteiger partial charge on any atom is -0.497 e. The fraction of sp³-hybridized carbons (Fsp3) is 0.240. The summed E-state index contributed by atoms with van der Waals surface area (Å²) in [5.74, 6) is 0.478. The molecule has 0 unspecified atom stereocenters. The van der Waals surface area contributed by atoms with Gasteiger partial charge in [-0.3, -0.25) is 9.59 Å². The Morgan fingerprint density at radius 2 is 1.41 bits per heavy atom. The lowest BCUT2D eigenvalue weighted by Gasteiger charge is -2.03. The summed E-state index contributed by atoms with van der Waals surface area (Å²) in [5, 5.41) is 3.03. The molecule has 0 heterocycles. The molecule has 1 N–H and O–H groups in total. The fourth-order valence-corrected chi connectivity index (χ4v) is 2.45. The van der Waals surface area contributed by atoms with E-state index in [9.17, 15) is 14.4 Å². The fourth-order valence-electron chi connectivity index (χ4n) is 2.45. The Morgan fingerprint density at radius 3 is 1.84 bits per heavy atom. The molecular formula is C25H27NO6. The lowest BCUT2D eigenvalue weighted by molar-refractivity contribution is -0.137. The van der Waals surface area contributed by atoms with E-state index in [-0.39, 0.29) is 5.57 Å². The molecule has 1 aliphatic rings. The van der Waals surface area contributed by atoms with Gasteiger partial charge in [0.25, 0.3) is 0 Å². The molecule has 7 nitrogen and oxygen atoms in total. The average molecular weight is 437 g/mol. The van der Waals surface area contributed by atoms with Gasteiger partial charge in [0.15, 0.2) is 5.78 Å². The van der Waals surface area contributed by atoms with Gasteiger partial charge in [0, 0.05) is 17.8 Å². The Hall–Kier alpha value is -3.87. The number of methoxy groups -OCH3 is 3. The van der Waals surface area contributed by atoms with E-state index in [0.29, 0.717) is 11.6 Å². The highest BCUT2D eigenvalue weighted by Gasteiger charge is 2.22. The molecule has 0 amide bonds. The largest absolute Gasteiger partial charge is 0.497 e. The third-order valence-electron chi connectivity index (χ3n) is 4.51. The average Bonchev–Trinajstić information content (AvgIpc) is 3.68. The van der Waals surface area contributed by atoms with Gasteiger partial charge in [0.1, 0.15) is 23.4 Å². The van der Waals surface area contributed by atoms with E-state index in [1.54, 1.807) is 56.7 Å². The van der Waals surface area contributed by atoms with Crippen molar-refractivity contribution in [1.29, 1.82) is 0 Å². The number of aldehydes is 1. The standard InChI is InChI=1S/C17H19NO4.C8H8O2/c1-21-14-8-3-12(4-9-14)5-10-16(19)15(17(20)22-2)11-18-13-6-7-13;1-10-8-4-2-7(6-9)3-5-8/h3-5,8-11,13,18H,6-7H2,1-2H3;2-6H,1H3. The molecule has 0 radical (unpaired) electrons. The Bertz CT molecular complexity index is 957. The maximum atomic E-state index is 12.2. The summed E-state index contributed by atoms with van der Waals surface area (Å²) < 4.78 is 14.6. The number of ketones is 1. The monoisotopic (exact) mass is 437 g/mol. The topological polar surface area (TPSA) is 90.9 Å². The molecule has 1 fully saturated rings. The van der Waals surface area contributed by atoms with Crippen molar-refractivity contribution in [2.24, 2.45) is 0 Å². The first-order valence-corrected chi connectivity index (χ1v) is 10.0. The first-order chi connectivity index (χ1) is 15.5. The summed E-state index contributed by atoms with van der Waals surface area (Å²) in [7, 11) is 4.44. The van der Waals surface area contributed by atoms with E-state index in [2.05, 4.69) is 10.1 Å². The van der Waals surface area contributed by atoms with Gasteiger partial charge in [-0.2, -0.15) is 0 Å². The van der Waals surface area contributed by atoms with Crippen LogP contribution in [0.2, 0.25) is 0 Å². The molecule has 0 aromatic heterocycles. The Kier molecular flexibility index (Phi) is 9.71. The molecular weight excluding hydrogens is 410 g/mol. The number of allylic oxidation sites excluding steroid dienone is 1. The van der Waals surface area contributed by atoms with Crippen molar-refractivity contribution in [3.05, 3.63) is 77.5 Å².